The highest BCUT2D eigenvalue weighted by Gasteiger charge is 2.27. The van der Waals surface area contributed by atoms with Gasteiger partial charge in [-0.25, -0.2) is 13.1 Å². The van der Waals surface area contributed by atoms with E-state index in [0.29, 0.717) is 37.6 Å². The number of rotatable bonds is 11. The quantitative estimate of drug-likeness (QED) is 0.170. The van der Waals surface area contributed by atoms with Gasteiger partial charge >= 0.3 is 6.18 Å². The van der Waals surface area contributed by atoms with E-state index in [2.05, 4.69) is 25.1 Å². The van der Waals surface area contributed by atoms with Gasteiger partial charge in [0.15, 0.2) is 5.96 Å². The molecule has 12 heteroatoms. The van der Waals surface area contributed by atoms with Crippen molar-refractivity contribution in [2.24, 2.45) is 4.99 Å². The SMILES string of the molecule is CCS(=O)(=O)NCCCNC(=NC)NCc1ccc(COCC(F)(F)F)cc1.I. The summed E-state index contributed by atoms with van der Waals surface area (Å²) in [5, 5.41) is 6.18. The summed E-state index contributed by atoms with van der Waals surface area (Å²) in [7, 11) is -1.56. The molecule has 29 heavy (non-hydrogen) atoms. The fourth-order valence-corrected chi connectivity index (χ4v) is 2.73. The lowest BCUT2D eigenvalue weighted by molar-refractivity contribution is -0.176. The Hall–Kier alpha value is -1.12. The summed E-state index contributed by atoms with van der Waals surface area (Å²) in [5.41, 5.74) is 1.59. The Balaban J connectivity index is 0.00000784. The van der Waals surface area contributed by atoms with Gasteiger partial charge in [-0.05, 0) is 24.5 Å². The molecular weight excluding hydrogens is 524 g/mol. The number of benzene rings is 1. The zero-order valence-electron chi connectivity index (χ0n) is 16.4. The topological polar surface area (TPSA) is 91.8 Å². The van der Waals surface area contributed by atoms with Gasteiger partial charge in [-0.2, -0.15) is 13.2 Å². The molecule has 0 aromatic heterocycles. The summed E-state index contributed by atoms with van der Waals surface area (Å²) in [6, 6.07) is 7.02. The molecule has 0 saturated heterocycles. The van der Waals surface area contributed by atoms with Gasteiger partial charge in [-0.15, -0.1) is 24.0 Å². The van der Waals surface area contributed by atoms with Crippen molar-refractivity contribution in [3.8, 4) is 0 Å². The van der Waals surface area contributed by atoms with Gasteiger partial charge in [0.05, 0.1) is 12.4 Å². The van der Waals surface area contributed by atoms with Gasteiger partial charge in [0.2, 0.25) is 10.0 Å². The molecule has 3 N–H and O–H groups in total. The standard InChI is InChI=1S/C17H27F3N4O3S.HI/c1-3-28(25,26)24-10-4-9-22-16(21-2)23-11-14-5-7-15(8-6-14)12-27-13-17(18,19)20;/h5-8,24H,3-4,9-13H2,1-2H3,(H2,21,22,23);1H. The van der Waals surface area contributed by atoms with Crippen LogP contribution in [0.25, 0.3) is 0 Å². The zero-order chi connectivity index (χ0) is 21.0. The third-order valence-electron chi connectivity index (χ3n) is 3.59. The molecule has 0 amide bonds. The van der Waals surface area contributed by atoms with E-state index in [0.717, 1.165) is 5.56 Å². The van der Waals surface area contributed by atoms with E-state index in [4.69, 9.17) is 0 Å². The number of hydrogen-bond acceptors (Lipinski definition) is 4. The van der Waals surface area contributed by atoms with Gasteiger partial charge < -0.3 is 15.4 Å². The smallest absolute Gasteiger partial charge is 0.367 e. The summed E-state index contributed by atoms with van der Waals surface area (Å²) in [6.45, 7) is 1.58. The lowest BCUT2D eigenvalue weighted by Crippen LogP contribution is -2.38. The van der Waals surface area contributed by atoms with Crippen molar-refractivity contribution in [2.75, 3.05) is 32.5 Å². The average molecular weight is 552 g/mol. The number of alkyl halides is 3. The van der Waals surface area contributed by atoms with E-state index in [9.17, 15) is 21.6 Å². The van der Waals surface area contributed by atoms with Crippen molar-refractivity contribution in [3.63, 3.8) is 0 Å². The maximum absolute atomic E-state index is 12.1. The number of hydrogen-bond donors (Lipinski definition) is 3. The van der Waals surface area contributed by atoms with Crippen LogP contribution >= 0.6 is 24.0 Å². The fourth-order valence-electron chi connectivity index (χ4n) is 2.07. The Kier molecular flexibility index (Phi) is 13.4. The lowest BCUT2D eigenvalue weighted by Gasteiger charge is -2.12. The molecule has 7 nitrogen and oxygen atoms in total. The first-order valence-electron chi connectivity index (χ1n) is 8.79. The van der Waals surface area contributed by atoms with E-state index in [-0.39, 0.29) is 36.3 Å². The van der Waals surface area contributed by atoms with Gasteiger partial charge in [0.1, 0.15) is 6.61 Å². The van der Waals surface area contributed by atoms with Crippen molar-refractivity contribution in [1.29, 1.82) is 0 Å². The second-order valence-corrected chi connectivity index (χ2v) is 8.02. The predicted molar refractivity (Wildman–Crippen MR) is 118 cm³/mol. The third-order valence-corrected chi connectivity index (χ3v) is 4.99. The molecule has 0 aliphatic heterocycles. The largest absolute Gasteiger partial charge is 0.411 e. The molecule has 0 aliphatic carbocycles. The highest BCUT2D eigenvalue weighted by Crippen LogP contribution is 2.15. The minimum atomic E-state index is -4.33. The molecule has 0 radical (unpaired) electrons. The summed E-state index contributed by atoms with van der Waals surface area (Å²) in [6.07, 6.45) is -3.72. The predicted octanol–water partition coefficient (Wildman–Crippen LogP) is 2.38. The minimum Gasteiger partial charge on any atom is -0.367 e. The van der Waals surface area contributed by atoms with Crippen molar-refractivity contribution in [1.82, 2.24) is 15.4 Å². The fraction of sp³-hybridized carbons (Fsp3) is 0.588. The van der Waals surface area contributed by atoms with Crippen LogP contribution in [0.3, 0.4) is 0 Å². The van der Waals surface area contributed by atoms with E-state index in [1.807, 2.05) is 0 Å². The molecule has 1 aromatic carbocycles. The maximum Gasteiger partial charge on any atom is 0.411 e. The Labute approximate surface area is 187 Å². The number of nitrogens with one attached hydrogen (secondary N) is 3. The van der Waals surface area contributed by atoms with Crippen LogP contribution in [0, 0.1) is 0 Å². The second kappa shape index (κ2) is 14.0. The number of aliphatic imine (C=N–C) groups is 1. The number of guanidine groups is 1. The van der Waals surface area contributed by atoms with E-state index >= 15 is 0 Å². The molecule has 0 bridgehead atoms. The molecule has 0 unspecified atom stereocenters. The Morgan fingerprint density at radius 2 is 1.72 bits per heavy atom. The molecule has 1 aromatic rings. The van der Waals surface area contributed by atoms with Crippen LogP contribution in [0.15, 0.2) is 29.3 Å². The number of sulfonamides is 1. The van der Waals surface area contributed by atoms with Crippen LogP contribution in [0.1, 0.15) is 24.5 Å². The van der Waals surface area contributed by atoms with Crippen LogP contribution < -0.4 is 15.4 Å². The maximum atomic E-state index is 12.1. The summed E-state index contributed by atoms with van der Waals surface area (Å²) in [4.78, 5) is 4.08. The molecule has 0 heterocycles. The first kappa shape index (κ1) is 27.9. The number of ether oxygens (including phenoxy) is 1. The van der Waals surface area contributed by atoms with Gasteiger partial charge in [-0.3, -0.25) is 4.99 Å². The zero-order valence-corrected chi connectivity index (χ0v) is 19.5. The first-order chi connectivity index (χ1) is 13.1. The van der Waals surface area contributed by atoms with Crippen molar-refractivity contribution < 1.29 is 26.3 Å². The molecule has 168 valence electrons. The van der Waals surface area contributed by atoms with E-state index in [1.165, 1.54) is 0 Å². The summed E-state index contributed by atoms with van der Waals surface area (Å²) in [5.74, 6) is 0.618. The molecule has 0 spiro atoms. The van der Waals surface area contributed by atoms with Gasteiger partial charge in [0.25, 0.3) is 0 Å². The Morgan fingerprint density at radius 3 is 2.28 bits per heavy atom. The summed E-state index contributed by atoms with van der Waals surface area (Å²) < 4.78 is 65.9. The van der Waals surface area contributed by atoms with E-state index < -0.39 is 22.8 Å². The second-order valence-electron chi connectivity index (χ2n) is 5.93. The molecular formula is C17H28F3IN4O3S. The lowest BCUT2D eigenvalue weighted by atomic mass is 10.1. The molecule has 1 rings (SSSR count). The highest BCUT2D eigenvalue weighted by atomic mass is 127. The van der Waals surface area contributed by atoms with Crippen molar-refractivity contribution in [2.45, 2.75) is 32.7 Å². The Morgan fingerprint density at radius 1 is 1.10 bits per heavy atom. The Bertz CT molecular complexity index is 714. The monoisotopic (exact) mass is 552 g/mol. The molecule has 0 fully saturated rings. The van der Waals surface area contributed by atoms with Crippen LogP contribution in [0.4, 0.5) is 13.2 Å². The summed E-state index contributed by atoms with van der Waals surface area (Å²) >= 11 is 0. The van der Waals surface area contributed by atoms with Crippen LogP contribution in [0.2, 0.25) is 0 Å². The van der Waals surface area contributed by atoms with Crippen LogP contribution in [0.5, 0.6) is 0 Å². The van der Waals surface area contributed by atoms with Crippen LogP contribution in [-0.4, -0.2) is 53.1 Å². The highest BCUT2D eigenvalue weighted by molar-refractivity contribution is 14.0. The molecule has 0 aliphatic rings. The van der Waals surface area contributed by atoms with Gasteiger partial charge in [0, 0.05) is 26.7 Å². The molecule has 0 atom stereocenters. The first-order valence-corrected chi connectivity index (χ1v) is 10.4. The minimum absolute atomic E-state index is 0. The van der Waals surface area contributed by atoms with Crippen molar-refractivity contribution in [3.05, 3.63) is 35.4 Å². The van der Waals surface area contributed by atoms with Crippen molar-refractivity contribution >= 4 is 40.0 Å². The molecule has 0 saturated carbocycles. The van der Waals surface area contributed by atoms with E-state index in [1.54, 1.807) is 38.2 Å². The third kappa shape index (κ3) is 13.7. The number of halogens is 4. The normalized spacial score (nSPS) is 12.4. The van der Waals surface area contributed by atoms with Gasteiger partial charge in [-0.1, -0.05) is 24.3 Å². The van der Waals surface area contributed by atoms with Crippen LogP contribution in [-0.2, 0) is 27.9 Å². The number of nitrogens with zero attached hydrogens (tertiary/aromatic N) is 1. The average Bonchev–Trinajstić information content (AvgIpc) is 2.64.